The van der Waals surface area contributed by atoms with E-state index in [0.29, 0.717) is 11.7 Å². The van der Waals surface area contributed by atoms with Gasteiger partial charge in [-0.1, -0.05) is 0 Å². The summed E-state index contributed by atoms with van der Waals surface area (Å²) in [4.78, 5) is 8.96. The molecule has 0 saturated carbocycles. The number of halogens is 1. The van der Waals surface area contributed by atoms with Crippen molar-refractivity contribution in [2.75, 3.05) is 19.6 Å². The number of aliphatic imine (C=N–C) groups is 1. The van der Waals surface area contributed by atoms with E-state index in [-0.39, 0.29) is 30.5 Å². The van der Waals surface area contributed by atoms with Gasteiger partial charge in [0, 0.05) is 30.6 Å². The van der Waals surface area contributed by atoms with Crippen LogP contribution in [0.15, 0.2) is 26.9 Å². The zero-order chi connectivity index (χ0) is 18.3. The minimum Gasteiger partial charge on any atom is -0.463 e. The highest BCUT2D eigenvalue weighted by atomic mass is 127. The molecule has 0 spiro atoms. The molecule has 0 aromatic carbocycles. The molecule has 2 heterocycles. The molecule has 146 valence electrons. The van der Waals surface area contributed by atoms with Crippen molar-refractivity contribution in [2.45, 2.75) is 46.1 Å². The number of nitrogens with zero attached hydrogens (tertiary/aromatic N) is 2. The normalized spacial score (nSPS) is 13.8. The quantitative estimate of drug-likeness (QED) is 0.228. The Bertz CT molecular complexity index is 697. The molecule has 0 radical (unpaired) electrons. The predicted octanol–water partition coefficient (Wildman–Crippen LogP) is 3.37. The molecule has 1 atom stereocenters. The molecule has 0 saturated heterocycles. The van der Waals surface area contributed by atoms with Crippen LogP contribution in [0, 0.1) is 13.8 Å². The van der Waals surface area contributed by atoms with Gasteiger partial charge in [-0.05, 0) is 46.2 Å². The van der Waals surface area contributed by atoms with Gasteiger partial charge in [0.1, 0.15) is 17.1 Å². The van der Waals surface area contributed by atoms with Crippen molar-refractivity contribution in [3.05, 3.63) is 39.7 Å². The van der Waals surface area contributed by atoms with E-state index in [0.717, 1.165) is 42.4 Å². The minimum atomic E-state index is -1.13. The second-order valence-electron chi connectivity index (χ2n) is 6.29. The van der Waals surface area contributed by atoms with Crippen LogP contribution in [0.5, 0.6) is 0 Å². The Morgan fingerprint density at radius 2 is 2.12 bits per heavy atom. The first-order valence-electron chi connectivity index (χ1n) is 8.63. The van der Waals surface area contributed by atoms with Gasteiger partial charge in [0.15, 0.2) is 5.96 Å². The van der Waals surface area contributed by atoms with E-state index < -0.39 is 5.60 Å². The van der Waals surface area contributed by atoms with Crippen molar-refractivity contribution >= 4 is 41.3 Å². The summed E-state index contributed by atoms with van der Waals surface area (Å²) >= 11 is 1.70. The van der Waals surface area contributed by atoms with E-state index in [1.54, 1.807) is 24.3 Å². The van der Waals surface area contributed by atoms with Crippen molar-refractivity contribution in [3.63, 3.8) is 0 Å². The average molecular weight is 492 g/mol. The van der Waals surface area contributed by atoms with Crippen molar-refractivity contribution < 1.29 is 9.52 Å². The highest BCUT2D eigenvalue weighted by Gasteiger charge is 2.26. The van der Waals surface area contributed by atoms with Crippen LogP contribution < -0.4 is 10.6 Å². The molecular formula is C18H29IN4O2S. The lowest BCUT2D eigenvalue weighted by Gasteiger charge is -2.19. The van der Waals surface area contributed by atoms with Crippen molar-refractivity contribution in [1.82, 2.24) is 15.6 Å². The van der Waals surface area contributed by atoms with Gasteiger partial charge in [-0.15, -0.1) is 35.3 Å². The molecule has 0 fully saturated rings. The number of nitrogens with one attached hydrogen (secondary N) is 2. The van der Waals surface area contributed by atoms with Gasteiger partial charge in [0.2, 0.25) is 0 Å². The fraction of sp³-hybridized carbons (Fsp3) is 0.556. The monoisotopic (exact) mass is 492 g/mol. The molecule has 2 rings (SSSR count). The lowest BCUT2D eigenvalue weighted by molar-refractivity contribution is 0.0428. The zero-order valence-corrected chi connectivity index (χ0v) is 19.0. The maximum Gasteiger partial charge on any atom is 0.191 e. The molecule has 0 aliphatic carbocycles. The molecule has 2 aromatic heterocycles. The SMILES string of the molecule is CCNC(=NCC(C)(O)c1ccc(C)o1)NCCCc1nc(C)cs1.I. The first-order chi connectivity index (χ1) is 11.9. The first-order valence-corrected chi connectivity index (χ1v) is 9.51. The standard InChI is InChI=1S/C18H28N4O2S.HI/c1-5-19-17(20-10-6-7-16-22-13(2)11-25-16)21-12-18(4,23)15-9-8-14(3)24-15;/h8-9,11,23H,5-7,10,12H2,1-4H3,(H2,19,20,21);1H. The summed E-state index contributed by atoms with van der Waals surface area (Å²) in [6.45, 7) is 9.39. The Labute approximate surface area is 176 Å². The highest BCUT2D eigenvalue weighted by molar-refractivity contribution is 14.0. The van der Waals surface area contributed by atoms with Crippen LogP contribution in [-0.2, 0) is 12.0 Å². The van der Waals surface area contributed by atoms with Gasteiger partial charge in [-0.2, -0.15) is 0 Å². The molecule has 0 bridgehead atoms. The van der Waals surface area contributed by atoms with Crippen LogP contribution in [0.2, 0.25) is 0 Å². The van der Waals surface area contributed by atoms with Gasteiger partial charge in [-0.3, -0.25) is 0 Å². The Morgan fingerprint density at radius 3 is 2.69 bits per heavy atom. The molecule has 0 aliphatic rings. The molecule has 26 heavy (non-hydrogen) atoms. The van der Waals surface area contributed by atoms with Gasteiger partial charge < -0.3 is 20.2 Å². The van der Waals surface area contributed by atoms with E-state index in [1.165, 1.54) is 0 Å². The molecule has 1 unspecified atom stereocenters. The van der Waals surface area contributed by atoms with Gasteiger partial charge in [0.25, 0.3) is 0 Å². The summed E-state index contributed by atoms with van der Waals surface area (Å²) in [6.07, 6.45) is 1.93. The Kier molecular flexibility index (Phi) is 9.59. The Balaban J connectivity index is 0.00000338. The van der Waals surface area contributed by atoms with Crippen LogP contribution >= 0.6 is 35.3 Å². The van der Waals surface area contributed by atoms with E-state index >= 15 is 0 Å². The molecule has 6 nitrogen and oxygen atoms in total. The average Bonchev–Trinajstić information content (AvgIpc) is 3.18. The van der Waals surface area contributed by atoms with E-state index in [1.807, 2.05) is 26.8 Å². The van der Waals surface area contributed by atoms with Crippen LogP contribution in [-0.4, -0.2) is 35.7 Å². The number of hydrogen-bond acceptors (Lipinski definition) is 5. The maximum atomic E-state index is 10.6. The molecule has 0 aliphatic heterocycles. The summed E-state index contributed by atoms with van der Waals surface area (Å²) in [6, 6.07) is 3.64. The third kappa shape index (κ3) is 7.24. The molecule has 0 amide bonds. The van der Waals surface area contributed by atoms with Crippen LogP contribution in [0.4, 0.5) is 0 Å². The zero-order valence-electron chi connectivity index (χ0n) is 15.8. The summed E-state index contributed by atoms with van der Waals surface area (Å²) in [7, 11) is 0. The minimum absolute atomic E-state index is 0. The Morgan fingerprint density at radius 1 is 1.35 bits per heavy atom. The smallest absolute Gasteiger partial charge is 0.191 e. The Hall–Kier alpha value is -1.13. The number of aliphatic hydroxyl groups is 1. The van der Waals surface area contributed by atoms with Gasteiger partial charge in [0.05, 0.1) is 11.6 Å². The molecule has 8 heteroatoms. The fourth-order valence-electron chi connectivity index (χ4n) is 2.34. The summed E-state index contributed by atoms with van der Waals surface area (Å²) in [5.74, 6) is 2.01. The van der Waals surface area contributed by atoms with E-state index in [9.17, 15) is 5.11 Å². The summed E-state index contributed by atoms with van der Waals surface area (Å²) in [5, 5.41) is 20.3. The number of aryl methyl sites for hydroxylation is 3. The summed E-state index contributed by atoms with van der Waals surface area (Å²) < 4.78 is 5.52. The van der Waals surface area contributed by atoms with Crippen LogP contribution in [0.25, 0.3) is 0 Å². The lowest BCUT2D eigenvalue weighted by atomic mass is 10.0. The topological polar surface area (TPSA) is 82.7 Å². The predicted molar refractivity (Wildman–Crippen MR) is 118 cm³/mol. The van der Waals surface area contributed by atoms with E-state index in [2.05, 4.69) is 26.0 Å². The summed E-state index contributed by atoms with van der Waals surface area (Å²) in [5.41, 5.74) is -0.0482. The molecular weight excluding hydrogens is 463 g/mol. The lowest BCUT2D eigenvalue weighted by Crippen LogP contribution is -2.39. The van der Waals surface area contributed by atoms with Gasteiger partial charge in [-0.25, -0.2) is 9.98 Å². The third-order valence-electron chi connectivity index (χ3n) is 3.69. The number of guanidine groups is 1. The number of thiazole rings is 1. The number of rotatable bonds is 8. The first kappa shape index (κ1) is 22.9. The van der Waals surface area contributed by atoms with Crippen LogP contribution in [0.1, 0.15) is 42.5 Å². The second-order valence-corrected chi connectivity index (χ2v) is 7.23. The number of hydrogen-bond donors (Lipinski definition) is 3. The van der Waals surface area contributed by atoms with E-state index in [4.69, 9.17) is 4.42 Å². The number of furan rings is 1. The largest absolute Gasteiger partial charge is 0.463 e. The van der Waals surface area contributed by atoms with Crippen LogP contribution in [0.3, 0.4) is 0 Å². The van der Waals surface area contributed by atoms with Crippen molar-refractivity contribution in [3.8, 4) is 0 Å². The highest BCUT2D eigenvalue weighted by Crippen LogP contribution is 2.23. The third-order valence-corrected chi connectivity index (χ3v) is 4.71. The fourth-order valence-corrected chi connectivity index (χ4v) is 3.16. The van der Waals surface area contributed by atoms with Crippen molar-refractivity contribution in [2.24, 2.45) is 4.99 Å². The maximum absolute atomic E-state index is 10.6. The second kappa shape index (κ2) is 10.9. The van der Waals surface area contributed by atoms with Gasteiger partial charge >= 0.3 is 0 Å². The van der Waals surface area contributed by atoms with Crippen molar-refractivity contribution in [1.29, 1.82) is 0 Å². The number of aromatic nitrogens is 1. The molecule has 2 aromatic rings. The molecule has 3 N–H and O–H groups in total.